The minimum atomic E-state index is -4.62. The van der Waals surface area contributed by atoms with Crippen LogP contribution in [0.15, 0.2) is 42.5 Å². The van der Waals surface area contributed by atoms with Gasteiger partial charge in [-0.25, -0.2) is 12.8 Å². The fraction of sp³-hybridized carbons (Fsp3) is 0.458. The highest BCUT2D eigenvalue weighted by molar-refractivity contribution is 7.91. The highest BCUT2D eigenvalue weighted by Gasteiger charge is 2.33. The van der Waals surface area contributed by atoms with Crippen LogP contribution in [0.3, 0.4) is 0 Å². The highest BCUT2D eigenvalue weighted by Crippen LogP contribution is 2.33. The third-order valence-electron chi connectivity index (χ3n) is 6.64. The lowest BCUT2D eigenvalue weighted by Gasteiger charge is -2.38. The Morgan fingerprint density at radius 2 is 1.63 bits per heavy atom. The second-order valence-electron chi connectivity index (χ2n) is 9.00. The highest BCUT2D eigenvalue weighted by atomic mass is 32.2. The summed E-state index contributed by atoms with van der Waals surface area (Å²) in [7, 11) is -3.20. The van der Waals surface area contributed by atoms with Gasteiger partial charge in [0.15, 0.2) is 9.84 Å². The lowest BCUT2D eigenvalue weighted by molar-refractivity contribution is -0.137. The molecule has 6 nitrogen and oxygen atoms in total. The number of carbonyl (C=O) groups excluding carboxylic acids is 1. The van der Waals surface area contributed by atoms with E-state index in [0.717, 1.165) is 12.1 Å². The SMILES string of the molecule is CS(=O)(=O)C1CCCN(c2ccccc2C(=O)N2CCN(c3ccc(C(F)(F)F)cc3F)CC2)C1. The molecular formula is C24H27F4N3O3S. The molecule has 0 spiro atoms. The first kappa shape index (κ1) is 25.3. The summed E-state index contributed by atoms with van der Waals surface area (Å²) in [4.78, 5) is 18.6. The Hall–Kier alpha value is -2.82. The van der Waals surface area contributed by atoms with E-state index in [0.29, 0.717) is 43.2 Å². The summed E-state index contributed by atoms with van der Waals surface area (Å²) in [5, 5.41) is -0.485. The number of rotatable bonds is 4. The largest absolute Gasteiger partial charge is 0.416 e. The number of amides is 1. The predicted octanol–water partition coefficient (Wildman–Crippen LogP) is 3.82. The Balaban J connectivity index is 1.46. The van der Waals surface area contributed by atoms with Crippen molar-refractivity contribution >= 4 is 27.1 Å². The van der Waals surface area contributed by atoms with E-state index in [4.69, 9.17) is 0 Å². The van der Waals surface area contributed by atoms with Gasteiger partial charge in [-0.3, -0.25) is 4.79 Å². The Bertz CT molecular complexity index is 1190. The molecule has 1 unspecified atom stereocenters. The van der Waals surface area contributed by atoms with Crippen molar-refractivity contribution in [1.29, 1.82) is 0 Å². The van der Waals surface area contributed by atoms with E-state index in [1.807, 2.05) is 17.0 Å². The van der Waals surface area contributed by atoms with Gasteiger partial charge in [-0.05, 0) is 43.2 Å². The summed E-state index contributed by atoms with van der Waals surface area (Å²) >= 11 is 0. The summed E-state index contributed by atoms with van der Waals surface area (Å²) in [5.41, 5.74) is 0.184. The van der Waals surface area contributed by atoms with Crippen LogP contribution in [-0.2, 0) is 16.0 Å². The number of sulfone groups is 1. The van der Waals surface area contributed by atoms with E-state index < -0.39 is 32.6 Å². The van der Waals surface area contributed by atoms with Crippen molar-refractivity contribution in [3.8, 4) is 0 Å². The number of hydrogen-bond donors (Lipinski definition) is 0. The van der Waals surface area contributed by atoms with E-state index in [1.54, 1.807) is 21.9 Å². The van der Waals surface area contributed by atoms with Crippen LogP contribution < -0.4 is 9.80 Å². The van der Waals surface area contributed by atoms with Crippen LogP contribution in [0.1, 0.15) is 28.8 Å². The molecule has 2 aliphatic heterocycles. The predicted molar refractivity (Wildman–Crippen MR) is 126 cm³/mol. The summed E-state index contributed by atoms with van der Waals surface area (Å²) in [6.07, 6.45) is -2.09. The number of para-hydroxylation sites is 1. The molecule has 0 aliphatic carbocycles. The molecule has 0 aromatic heterocycles. The molecule has 2 fully saturated rings. The van der Waals surface area contributed by atoms with Crippen LogP contribution in [0.2, 0.25) is 0 Å². The second-order valence-corrected chi connectivity index (χ2v) is 11.3. The third kappa shape index (κ3) is 5.55. The van der Waals surface area contributed by atoms with Gasteiger partial charge in [-0.2, -0.15) is 13.2 Å². The molecule has 35 heavy (non-hydrogen) atoms. The molecule has 1 amide bonds. The summed E-state index contributed by atoms with van der Waals surface area (Å²) in [5.74, 6) is -1.16. The van der Waals surface area contributed by atoms with Crippen molar-refractivity contribution in [3.63, 3.8) is 0 Å². The molecule has 2 saturated heterocycles. The topological polar surface area (TPSA) is 60.9 Å². The first-order valence-electron chi connectivity index (χ1n) is 11.4. The summed E-state index contributed by atoms with van der Waals surface area (Å²) in [6.45, 7) is 2.08. The first-order chi connectivity index (χ1) is 16.4. The molecular weight excluding hydrogens is 486 g/mol. The maximum Gasteiger partial charge on any atom is 0.416 e. The van der Waals surface area contributed by atoms with Crippen LogP contribution in [0.5, 0.6) is 0 Å². The average molecular weight is 514 g/mol. The number of piperidine rings is 1. The molecule has 2 aromatic carbocycles. The average Bonchev–Trinajstić information content (AvgIpc) is 2.83. The van der Waals surface area contributed by atoms with Gasteiger partial charge in [0, 0.05) is 51.2 Å². The van der Waals surface area contributed by atoms with Gasteiger partial charge in [-0.1, -0.05) is 12.1 Å². The Kier molecular flexibility index (Phi) is 6.99. The molecule has 2 aliphatic rings. The smallest absolute Gasteiger partial charge is 0.370 e. The van der Waals surface area contributed by atoms with Gasteiger partial charge < -0.3 is 14.7 Å². The van der Waals surface area contributed by atoms with Crippen LogP contribution in [0, 0.1) is 5.82 Å². The number of alkyl halides is 3. The third-order valence-corrected chi connectivity index (χ3v) is 8.24. The van der Waals surface area contributed by atoms with Crippen LogP contribution in [0.25, 0.3) is 0 Å². The number of benzene rings is 2. The van der Waals surface area contributed by atoms with Gasteiger partial charge in [0.25, 0.3) is 5.91 Å². The molecule has 1 atom stereocenters. The lowest BCUT2D eigenvalue weighted by Crippen LogP contribution is -2.49. The standard InChI is InChI=1S/C24H27F4N3O3S/c1-35(33,34)18-5-4-10-31(16-18)21-7-3-2-6-19(21)23(32)30-13-11-29(12-14-30)22-9-8-17(15-20(22)25)24(26,27)28/h2-3,6-9,15,18H,4-5,10-14,16H2,1H3. The Labute approximate surface area is 202 Å². The van der Waals surface area contributed by atoms with Gasteiger partial charge >= 0.3 is 6.18 Å². The van der Waals surface area contributed by atoms with Gasteiger partial charge in [0.05, 0.1) is 22.1 Å². The first-order valence-corrected chi connectivity index (χ1v) is 13.3. The van der Waals surface area contributed by atoms with Crippen molar-refractivity contribution in [3.05, 3.63) is 59.4 Å². The second kappa shape index (κ2) is 9.67. The van der Waals surface area contributed by atoms with Crippen molar-refractivity contribution in [2.75, 3.05) is 55.3 Å². The zero-order valence-corrected chi connectivity index (χ0v) is 20.1. The van der Waals surface area contributed by atoms with Crippen molar-refractivity contribution in [2.24, 2.45) is 0 Å². The number of nitrogens with zero attached hydrogens (tertiary/aromatic N) is 3. The zero-order chi connectivity index (χ0) is 25.4. The molecule has 0 bridgehead atoms. The van der Waals surface area contributed by atoms with Gasteiger partial charge in [-0.15, -0.1) is 0 Å². The maximum absolute atomic E-state index is 14.4. The quantitative estimate of drug-likeness (QED) is 0.582. The van der Waals surface area contributed by atoms with E-state index in [9.17, 15) is 30.8 Å². The fourth-order valence-electron chi connectivity index (χ4n) is 4.70. The monoisotopic (exact) mass is 513 g/mol. The molecule has 0 radical (unpaired) electrons. The van der Waals surface area contributed by atoms with Crippen molar-refractivity contribution < 1.29 is 30.8 Å². The van der Waals surface area contributed by atoms with Crippen LogP contribution in [-0.4, -0.2) is 70.0 Å². The molecule has 0 saturated carbocycles. The number of halogens is 4. The van der Waals surface area contributed by atoms with Crippen molar-refractivity contribution in [2.45, 2.75) is 24.3 Å². The minimum absolute atomic E-state index is 0.0747. The van der Waals surface area contributed by atoms with E-state index in [2.05, 4.69) is 0 Å². The molecule has 0 N–H and O–H groups in total. The number of anilines is 2. The van der Waals surface area contributed by atoms with Gasteiger partial charge in [0.1, 0.15) is 5.82 Å². The van der Waals surface area contributed by atoms with E-state index in [1.165, 1.54) is 6.26 Å². The Morgan fingerprint density at radius 3 is 2.26 bits per heavy atom. The maximum atomic E-state index is 14.4. The van der Waals surface area contributed by atoms with Crippen LogP contribution >= 0.6 is 0 Å². The summed E-state index contributed by atoms with van der Waals surface area (Å²) < 4.78 is 77.0. The lowest BCUT2D eigenvalue weighted by atomic mass is 10.1. The van der Waals surface area contributed by atoms with Gasteiger partial charge in [0.2, 0.25) is 0 Å². The van der Waals surface area contributed by atoms with Crippen molar-refractivity contribution in [1.82, 2.24) is 4.90 Å². The molecule has 190 valence electrons. The number of carbonyl (C=O) groups is 1. The van der Waals surface area contributed by atoms with Crippen LogP contribution in [0.4, 0.5) is 28.9 Å². The molecule has 11 heteroatoms. The number of piperazine rings is 1. The minimum Gasteiger partial charge on any atom is -0.370 e. The zero-order valence-electron chi connectivity index (χ0n) is 19.3. The fourth-order valence-corrected chi connectivity index (χ4v) is 5.74. The molecule has 2 heterocycles. The molecule has 2 aromatic rings. The molecule has 4 rings (SSSR count). The van der Waals surface area contributed by atoms with E-state index in [-0.39, 0.29) is 37.8 Å². The Morgan fingerprint density at radius 1 is 0.943 bits per heavy atom. The van der Waals surface area contributed by atoms with E-state index >= 15 is 0 Å². The summed E-state index contributed by atoms with van der Waals surface area (Å²) in [6, 6.07) is 9.55. The number of hydrogen-bond acceptors (Lipinski definition) is 5. The normalized spacial score (nSPS) is 19.7.